The van der Waals surface area contributed by atoms with E-state index in [0.29, 0.717) is 31.2 Å². The number of hydrogen-bond donors (Lipinski definition) is 2. The van der Waals surface area contributed by atoms with E-state index in [1.54, 1.807) is 18.2 Å². The molecule has 0 radical (unpaired) electrons. The molecular weight excluding hydrogens is 346 g/mol. The van der Waals surface area contributed by atoms with Crippen LogP contribution < -0.4 is 10.6 Å². The molecule has 0 aliphatic heterocycles. The molecule has 0 saturated heterocycles. The van der Waals surface area contributed by atoms with Gasteiger partial charge < -0.3 is 15.5 Å². The second kappa shape index (κ2) is 10.6. The summed E-state index contributed by atoms with van der Waals surface area (Å²) in [6.07, 6.45) is 0.772. The number of benzene rings is 2. The number of hydrogen-bond acceptors (Lipinski definition) is 2. The van der Waals surface area contributed by atoms with Crippen LogP contribution in [0.4, 0.5) is 8.78 Å². The van der Waals surface area contributed by atoms with Crippen molar-refractivity contribution in [3.63, 3.8) is 0 Å². The number of guanidine groups is 1. The molecule has 0 aliphatic rings. The average Bonchev–Trinajstić information content (AvgIpc) is 2.63. The van der Waals surface area contributed by atoms with Crippen LogP contribution in [-0.4, -0.2) is 38.0 Å². The fraction of sp³-hybridized carbons (Fsp3) is 0.381. The summed E-state index contributed by atoms with van der Waals surface area (Å²) >= 11 is 0. The second-order valence-electron chi connectivity index (χ2n) is 6.66. The predicted octanol–water partition coefficient (Wildman–Crippen LogP) is 3.32. The Morgan fingerprint density at radius 3 is 2.37 bits per heavy atom. The molecule has 4 nitrogen and oxygen atoms in total. The third kappa shape index (κ3) is 7.35. The van der Waals surface area contributed by atoms with E-state index in [1.807, 2.05) is 32.0 Å². The van der Waals surface area contributed by atoms with E-state index in [1.165, 1.54) is 18.2 Å². The molecule has 0 spiro atoms. The van der Waals surface area contributed by atoms with Gasteiger partial charge in [0.25, 0.3) is 0 Å². The van der Waals surface area contributed by atoms with Crippen LogP contribution in [0.25, 0.3) is 0 Å². The minimum atomic E-state index is -0.227. The van der Waals surface area contributed by atoms with Gasteiger partial charge in [0.05, 0.1) is 6.54 Å². The molecule has 2 aromatic rings. The summed E-state index contributed by atoms with van der Waals surface area (Å²) in [7, 11) is 3.83. The number of aliphatic imine (C=N–C) groups is 1. The highest BCUT2D eigenvalue weighted by atomic mass is 19.1. The summed E-state index contributed by atoms with van der Waals surface area (Å²) in [6.45, 7) is 4.46. The van der Waals surface area contributed by atoms with Gasteiger partial charge in [-0.3, -0.25) is 0 Å². The Hall–Kier alpha value is -2.47. The monoisotopic (exact) mass is 374 g/mol. The number of halogens is 2. The van der Waals surface area contributed by atoms with Crippen LogP contribution in [0.5, 0.6) is 0 Å². The lowest BCUT2D eigenvalue weighted by Crippen LogP contribution is -2.38. The van der Waals surface area contributed by atoms with Gasteiger partial charge in [-0.2, -0.15) is 0 Å². The lowest BCUT2D eigenvalue weighted by Gasteiger charge is -2.13. The lowest BCUT2D eigenvalue weighted by atomic mass is 10.1. The molecule has 0 bridgehead atoms. The first kappa shape index (κ1) is 20.8. The molecule has 27 heavy (non-hydrogen) atoms. The van der Waals surface area contributed by atoms with Crippen molar-refractivity contribution in [1.82, 2.24) is 15.5 Å². The minimum absolute atomic E-state index is 0.194. The molecule has 2 rings (SSSR count). The summed E-state index contributed by atoms with van der Waals surface area (Å²) < 4.78 is 26.8. The Bertz CT molecular complexity index is 742. The van der Waals surface area contributed by atoms with Gasteiger partial charge in [0.1, 0.15) is 11.6 Å². The Morgan fingerprint density at radius 1 is 1.00 bits per heavy atom. The van der Waals surface area contributed by atoms with Crippen molar-refractivity contribution in [2.24, 2.45) is 4.99 Å². The summed E-state index contributed by atoms with van der Waals surface area (Å²) in [5.74, 6) is 0.286. The van der Waals surface area contributed by atoms with Crippen LogP contribution >= 0.6 is 0 Å². The molecule has 2 aromatic carbocycles. The minimum Gasteiger partial charge on any atom is -0.357 e. The van der Waals surface area contributed by atoms with Crippen molar-refractivity contribution >= 4 is 5.96 Å². The number of nitrogens with one attached hydrogen (secondary N) is 2. The van der Waals surface area contributed by atoms with Gasteiger partial charge >= 0.3 is 0 Å². The standard InChI is InChI=1S/C21H28F2N4/c1-4-24-21(25-12-11-16-5-8-19(22)9-6-16)26-14-17-7-10-20(23)18(13-17)15-27(2)3/h5-10,13H,4,11-12,14-15H2,1-3H3,(H2,24,25,26). The second-order valence-corrected chi connectivity index (χ2v) is 6.66. The Labute approximate surface area is 160 Å². The molecule has 0 saturated carbocycles. The molecule has 146 valence electrons. The van der Waals surface area contributed by atoms with Gasteiger partial charge in [-0.05, 0) is 62.8 Å². The van der Waals surface area contributed by atoms with E-state index in [0.717, 1.165) is 24.1 Å². The first-order valence-corrected chi connectivity index (χ1v) is 9.16. The summed E-state index contributed by atoms with van der Waals surface area (Å²) in [6, 6.07) is 11.6. The van der Waals surface area contributed by atoms with E-state index >= 15 is 0 Å². The normalized spacial score (nSPS) is 11.7. The van der Waals surface area contributed by atoms with E-state index in [2.05, 4.69) is 15.6 Å². The van der Waals surface area contributed by atoms with Crippen molar-refractivity contribution in [3.8, 4) is 0 Å². The van der Waals surface area contributed by atoms with E-state index in [-0.39, 0.29) is 11.6 Å². The smallest absolute Gasteiger partial charge is 0.191 e. The molecule has 0 amide bonds. The van der Waals surface area contributed by atoms with Crippen LogP contribution in [0.2, 0.25) is 0 Å². The highest BCUT2D eigenvalue weighted by Gasteiger charge is 2.05. The zero-order valence-electron chi connectivity index (χ0n) is 16.2. The fourth-order valence-electron chi connectivity index (χ4n) is 2.68. The van der Waals surface area contributed by atoms with Crippen LogP contribution in [0.15, 0.2) is 47.5 Å². The highest BCUT2D eigenvalue weighted by Crippen LogP contribution is 2.13. The maximum absolute atomic E-state index is 13.9. The summed E-state index contributed by atoms with van der Waals surface area (Å²) in [4.78, 5) is 6.51. The SMILES string of the molecule is CCNC(=NCc1ccc(F)c(CN(C)C)c1)NCCc1ccc(F)cc1. The summed E-state index contributed by atoms with van der Waals surface area (Å²) in [5, 5.41) is 6.48. The zero-order chi connectivity index (χ0) is 19.6. The molecule has 0 heterocycles. The van der Waals surface area contributed by atoms with Gasteiger partial charge in [-0.1, -0.05) is 18.2 Å². The molecule has 0 atom stereocenters. The molecule has 0 fully saturated rings. The fourth-order valence-corrected chi connectivity index (χ4v) is 2.68. The van der Waals surface area contributed by atoms with E-state index < -0.39 is 0 Å². The Morgan fingerprint density at radius 2 is 1.70 bits per heavy atom. The van der Waals surface area contributed by atoms with E-state index in [4.69, 9.17) is 0 Å². The Balaban J connectivity index is 1.95. The van der Waals surface area contributed by atoms with Crippen molar-refractivity contribution in [2.45, 2.75) is 26.4 Å². The molecule has 0 unspecified atom stereocenters. The summed E-state index contributed by atoms with van der Waals surface area (Å²) in [5.41, 5.74) is 2.69. The zero-order valence-corrected chi connectivity index (χ0v) is 16.2. The van der Waals surface area contributed by atoms with Gasteiger partial charge in [-0.15, -0.1) is 0 Å². The molecule has 0 aromatic heterocycles. The molecule has 2 N–H and O–H groups in total. The Kier molecular flexibility index (Phi) is 8.20. The quantitative estimate of drug-likeness (QED) is 0.550. The van der Waals surface area contributed by atoms with Gasteiger partial charge in [-0.25, -0.2) is 13.8 Å². The maximum Gasteiger partial charge on any atom is 0.191 e. The average molecular weight is 374 g/mol. The largest absolute Gasteiger partial charge is 0.357 e. The van der Waals surface area contributed by atoms with Gasteiger partial charge in [0, 0.05) is 25.2 Å². The van der Waals surface area contributed by atoms with Crippen LogP contribution in [0.1, 0.15) is 23.6 Å². The first-order chi connectivity index (χ1) is 13.0. The lowest BCUT2D eigenvalue weighted by molar-refractivity contribution is 0.392. The third-order valence-electron chi connectivity index (χ3n) is 3.98. The first-order valence-electron chi connectivity index (χ1n) is 9.16. The van der Waals surface area contributed by atoms with Gasteiger partial charge in [0.2, 0.25) is 0 Å². The topological polar surface area (TPSA) is 39.7 Å². The van der Waals surface area contributed by atoms with Crippen molar-refractivity contribution < 1.29 is 8.78 Å². The van der Waals surface area contributed by atoms with Crippen LogP contribution in [0, 0.1) is 11.6 Å². The highest BCUT2D eigenvalue weighted by molar-refractivity contribution is 5.79. The molecular formula is C21H28F2N4. The molecule has 0 aliphatic carbocycles. The molecule has 6 heteroatoms. The third-order valence-corrected chi connectivity index (χ3v) is 3.98. The van der Waals surface area contributed by atoms with Crippen molar-refractivity contribution in [3.05, 3.63) is 70.8 Å². The maximum atomic E-state index is 13.9. The number of nitrogens with zero attached hydrogens (tertiary/aromatic N) is 2. The van der Waals surface area contributed by atoms with E-state index in [9.17, 15) is 8.78 Å². The van der Waals surface area contributed by atoms with Crippen molar-refractivity contribution in [1.29, 1.82) is 0 Å². The van der Waals surface area contributed by atoms with Crippen LogP contribution in [0.3, 0.4) is 0 Å². The van der Waals surface area contributed by atoms with Gasteiger partial charge in [0.15, 0.2) is 5.96 Å². The van der Waals surface area contributed by atoms with Crippen molar-refractivity contribution in [2.75, 3.05) is 27.2 Å². The predicted molar refractivity (Wildman–Crippen MR) is 107 cm³/mol. The van der Waals surface area contributed by atoms with Crippen LogP contribution in [-0.2, 0) is 19.5 Å². The number of rotatable bonds is 8.